The molecule has 2 aromatic carbocycles. The van der Waals surface area contributed by atoms with Crippen LogP contribution in [0.15, 0.2) is 60.9 Å². The van der Waals surface area contributed by atoms with Crippen LogP contribution in [0.1, 0.15) is 21.5 Å². The van der Waals surface area contributed by atoms with Crippen LogP contribution >= 0.6 is 0 Å². The van der Waals surface area contributed by atoms with E-state index in [0.717, 1.165) is 5.56 Å². The lowest BCUT2D eigenvalue weighted by Crippen LogP contribution is -2.11. The summed E-state index contributed by atoms with van der Waals surface area (Å²) >= 11 is 0. The fourth-order valence-electron chi connectivity index (χ4n) is 2.15. The smallest absolute Gasteiger partial charge is 0.255 e. The molecule has 0 fully saturated rings. The van der Waals surface area contributed by atoms with Crippen LogP contribution in [-0.4, -0.2) is 16.1 Å². The fourth-order valence-corrected chi connectivity index (χ4v) is 2.15. The minimum absolute atomic E-state index is 0.218. The van der Waals surface area contributed by atoms with Gasteiger partial charge in [0.2, 0.25) is 0 Å². The highest BCUT2D eigenvalue weighted by molar-refractivity contribution is 6.04. The molecule has 0 bridgehead atoms. The van der Waals surface area contributed by atoms with E-state index < -0.39 is 0 Å². The van der Waals surface area contributed by atoms with Crippen LogP contribution in [0, 0.1) is 11.3 Å². The van der Waals surface area contributed by atoms with Gasteiger partial charge < -0.3 is 10.1 Å². The van der Waals surface area contributed by atoms with Crippen molar-refractivity contribution in [3.05, 3.63) is 77.6 Å². The zero-order chi connectivity index (χ0) is 16.8. The van der Waals surface area contributed by atoms with Gasteiger partial charge in [-0.15, -0.1) is 0 Å². The van der Waals surface area contributed by atoms with Crippen molar-refractivity contribution in [3.63, 3.8) is 0 Å². The number of aromatic nitrogens is 2. The number of nitrogens with one attached hydrogen (secondary N) is 2. The van der Waals surface area contributed by atoms with Crippen molar-refractivity contribution < 1.29 is 9.53 Å². The monoisotopic (exact) mass is 318 g/mol. The highest BCUT2D eigenvalue weighted by Crippen LogP contribution is 2.16. The van der Waals surface area contributed by atoms with Gasteiger partial charge in [0.1, 0.15) is 12.4 Å². The largest absolute Gasteiger partial charge is 0.489 e. The number of hydrogen-bond acceptors (Lipinski definition) is 4. The van der Waals surface area contributed by atoms with E-state index in [9.17, 15) is 4.79 Å². The number of carbonyl (C=O) groups is 1. The molecule has 24 heavy (non-hydrogen) atoms. The first-order chi connectivity index (χ1) is 11.7. The second-order valence-corrected chi connectivity index (χ2v) is 5.07. The Morgan fingerprint density at radius 3 is 2.92 bits per heavy atom. The average molecular weight is 318 g/mol. The Morgan fingerprint density at radius 1 is 1.25 bits per heavy atom. The molecule has 0 aliphatic rings. The molecule has 0 radical (unpaired) electrons. The van der Waals surface area contributed by atoms with Crippen LogP contribution in [0.3, 0.4) is 0 Å². The van der Waals surface area contributed by atoms with Gasteiger partial charge >= 0.3 is 0 Å². The van der Waals surface area contributed by atoms with Crippen LogP contribution in [0.4, 0.5) is 5.69 Å². The number of nitriles is 1. The Balaban J connectivity index is 1.66. The first kappa shape index (κ1) is 15.3. The van der Waals surface area contributed by atoms with Crippen molar-refractivity contribution in [2.45, 2.75) is 6.61 Å². The van der Waals surface area contributed by atoms with Crippen molar-refractivity contribution in [1.82, 2.24) is 10.2 Å². The molecular weight excluding hydrogens is 304 g/mol. The zero-order valence-electron chi connectivity index (χ0n) is 12.7. The van der Waals surface area contributed by atoms with Gasteiger partial charge in [0.15, 0.2) is 0 Å². The lowest BCUT2D eigenvalue weighted by atomic mass is 10.1. The second-order valence-electron chi connectivity index (χ2n) is 5.07. The third-order valence-electron chi connectivity index (χ3n) is 3.31. The summed E-state index contributed by atoms with van der Waals surface area (Å²) in [5.74, 6) is 0.395. The first-order valence-corrected chi connectivity index (χ1v) is 7.26. The average Bonchev–Trinajstić information content (AvgIpc) is 3.13. The van der Waals surface area contributed by atoms with Gasteiger partial charge in [-0.25, -0.2) is 0 Å². The predicted molar refractivity (Wildman–Crippen MR) is 88.5 cm³/mol. The molecule has 0 aliphatic heterocycles. The summed E-state index contributed by atoms with van der Waals surface area (Å²) in [5, 5.41) is 18.1. The van der Waals surface area contributed by atoms with E-state index >= 15 is 0 Å². The fraction of sp³-hybridized carbons (Fsp3) is 0.0556. The van der Waals surface area contributed by atoms with E-state index in [1.165, 1.54) is 6.20 Å². The standard InChI is InChI=1S/C18H14N4O2/c19-9-13-3-2-6-17(8-13)24-12-14-4-1-5-15(7-14)18(23)22-16-10-20-21-11-16/h1-8,10-11H,12H2,(H,20,21)(H,22,23). The van der Waals surface area contributed by atoms with Crippen molar-refractivity contribution in [1.29, 1.82) is 5.26 Å². The SMILES string of the molecule is N#Cc1cccc(OCc2cccc(C(=O)Nc3cn[nH]c3)c2)c1. The quantitative estimate of drug-likeness (QED) is 0.756. The molecule has 6 heteroatoms. The van der Waals surface area contributed by atoms with Gasteiger partial charge in [0.25, 0.3) is 5.91 Å². The predicted octanol–water partition coefficient (Wildman–Crippen LogP) is 3.11. The van der Waals surface area contributed by atoms with Gasteiger partial charge in [-0.3, -0.25) is 9.89 Å². The highest BCUT2D eigenvalue weighted by atomic mass is 16.5. The number of benzene rings is 2. The summed E-state index contributed by atoms with van der Waals surface area (Å²) in [6.45, 7) is 0.307. The van der Waals surface area contributed by atoms with Crippen LogP contribution < -0.4 is 10.1 Å². The molecule has 0 spiro atoms. The number of rotatable bonds is 5. The maximum absolute atomic E-state index is 12.2. The molecule has 1 heterocycles. The van der Waals surface area contributed by atoms with Gasteiger partial charge in [-0.2, -0.15) is 10.4 Å². The molecule has 0 atom stereocenters. The van der Waals surface area contributed by atoms with Crippen LogP contribution in [-0.2, 0) is 6.61 Å². The molecule has 1 amide bonds. The number of ether oxygens (including phenoxy) is 1. The summed E-state index contributed by atoms with van der Waals surface area (Å²) in [4.78, 5) is 12.2. The van der Waals surface area contributed by atoms with Crippen LogP contribution in [0.25, 0.3) is 0 Å². The number of aromatic amines is 1. The van der Waals surface area contributed by atoms with Crippen molar-refractivity contribution in [2.75, 3.05) is 5.32 Å². The number of amides is 1. The number of nitrogens with zero attached hydrogens (tertiary/aromatic N) is 2. The van der Waals surface area contributed by atoms with E-state index in [0.29, 0.717) is 29.2 Å². The molecule has 0 saturated heterocycles. The molecular formula is C18H14N4O2. The molecule has 3 aromatic rings. The van der Waals surface area contributed by atoms with Gasteiger partial charge in [-0.05, 0) is 35.9 Å². The van der Waals surface area contributed by atoms with Crippen molar-refractivity contribution >= 4 is 11.6 Å². The lowest BCUT2D eigenvalue weighted by molar-refractivity contribution is 0.102. The summed E-state index contributed by atoms with van der Waals surface area (Å²) in [5.41, 5.74) is 2.54. The number of carbonyl (C=O) groups excluding carboxylic acids is 1. The lowest BCUT2D eigenvalue weighted by Gasteiger charge is -2.08. The summed E-state index contributed by atoms with van der Waals surface area (Å²) in [6, 6.07) is 16.2. The third-order valence-corrected chi connectivity index (χ3v) is 3.31. The number of H-pyrrole nitrogens is 1. The van der Waals surface area contributed by atoms with E-state index in [-0.39, 0.29) is 5.91 Å². The minimum Gasteiger partial charge on any atom is -0.489 e. The molecule has 0 saturated carbocycles. The van der Waals surface area contributed by atoms with Crippen molar-refractivity contribution in [2.24, 2.45) is 0 Å². The summed E-state index contributed by atoms with van der Waals surface area (Å²) in [7, 11) is 0. The highest BCUT2D eigenvalue weighted by Gasteiger charge is 2.08. The maximum Gasteiger partial charge on any atom is 0.255 e. The number of hydrogen-bond donors (Lipinski definition) is 2. The zero-order valence-corrected chi connectivity index (χ0v) is 12.7. The molecule has 3 rings (SSSR count). The van der Waals surface area contributed by atoms with Crippen molar-refractivity contribution in [3.8, 4) is 11.8 Å². The Bertz CT molecular complexity index is 882. The molecule has 0 unspecified atom stereocenters. The number of anilines is 1. The molecule has 2 N–H and O–H groups in total. The van der Waals surface area contributed by atoms with Crippen LogP contribution in [0.5, 0.6) is 5.75 Å². The Labute approximate surface area is 138 Å². The van der Waals surface area contributed by atoms with Gasteiger partial charge in [0.05, 0.1) is 23.5 Å². The Kier molecular flexibility index (Phi) is 4.54. The summed E-state index contributed by atoms with van der Waals surface area (Å²) < 4.78 is 5.68. The normalized spacial score (nSPS) is 9.96. The third kappa shape index (κ3) is 3.78. The van der Waals surface area contributed by atoms with E-state index in [1.54, 1.807) is 48.7 Å². The summed E-state index contributed by atoms with van der Waals surface area (Å²) in [6.07, 6.45) is 3.14. The van der Waals surface area contributed by atoms with E-state index in [4.69, 9.17) is 10.00 Å². The van der Waals surface area contributed by atoms with Gasteiger partial charge in [0, 0.05) is 11.8 Å². The molecule has 0 aliphatic carbocycles. The van der Waals surface area contributed by atoms with E-state index in [2.05, 4.69) is 21.6 Å². The van der Waals surface area contributed by atoms with Gasteiger partial charge in [-0.1, -0.05) is 18.2 Å². The first-order valence-electron chi connectivity index (χ1n) is 7.26. The van der Waals surface area contributed by atoms with Crippen LogP contribution in [0.2, 0.25) is 0 Å². The minimum atomic E-state index is -0.218. The maximum atomic E-state index is 12.2. The Hall–Kier alpha value is -3.59. The topological polar surface area (TPSA) is 90.8 Å². The van der Waals surface area contributed by atoms with E-state index in [1.807, 2.05) is 6.07 Å². The molecule has 6 nitrogen and oxygen atoms in total. The molecule has 118 valence electrons. The Morgan fingerprint density at radius 2 is 2.12 bits per heavy atom. The molecule has 1 aromatic heterocycles. The second kappa shape index (κ2) is 7.11.